The maximum atomic E-state index is 11.8. The van der Waals surface area contributed by atoms with Gasteiger partial charge in [0.2, 0.25) is 5.91 Å². The summed E-state index contributed by atoms with van der Waals surface area (Å²) in [4.78, 5) is 11.8. The maximum absolute atomic E-state index is 11.8. The first kappa shape index (κ1) is 15.5. The Hall–Kier alpha value is -1.55. The SMILES string of the molecule is COc1ccc(C)cc1NC(=O)CNCCC(C)C. The van der Waals surface area contributed by atoms with Gasteiger partial charge in [0.1, 0.15) is 5.75 Å². The summed E-state index contributed by atoms with van der Waals surface area (Å²) >= 11 is 0. The van der Waals surface area contributed by atoms with Crippen molar-refractivity contribution in [2.24, 2.45) is 5.92 Å². The highest BCUT2D eigenvalue weighted by molar-refractivity contribution is 5.93. The number of hydrogen-bond donors (Lipinski definition) is 2. The van der Waals surface area contributed by atoms with E-state index in [4.69, 9.17) is 4.74 Å². The van der Waals surface area contributed by atoms with Gasteiger partial charge in [-0.25, -0.2) is 0 Å². The average Bonchev–Trinajstić information content (AvgIpc) is 2.35. The van der Waals surface area contributed by atoms with E-state index in [1.807, 2.05) is 25.1 Å². The lowest BCUT2D eigenvalue weighted by atomic mass is 10.1. The first-order valence-electron chi connectivity index (χ1n) is 6.68. The number of amides is 1. The van der Waals surface area contributed by atoms with Crippen LogP contribution in [0.5, 0.6) is 5.75 Å². The number of carbonyl (C=O) groups excluding carboxylic acids is 1. The van der Waals surface area contributed by atoms with Crippen LogP contribution in [0.25, 0.3) is 0 Å². The lowest BCUT2D eigenvalue weighted by Gasteiger charge is -2.11. The van der Waals surface area contributed by atoms with E-state index >= 15 is 0 Å². The van der Waals surface area contributed by atoms with E-state index in [1.165, 1.54) is 0 Å². The average molecular weight is 264 g/mol. The van der Waals surface area contributed by atoms with Crippen LogP contribution in [-0.2, 0) is 4.79 Å². The van der Waals surface area contributed by atoms with Crippen LogP contribution in [0.4, 0.5) is 5.69 Å². The quantitative estimate of drug-likeness (QED) is 0.744. The van der Waals surface area contributed by atoms with Gasteiger partial charge in [-0.15, -0.1) is 0 Å². The number of methoxy groups -OCH3 is 1. The van der Waals surface area contributed by atoms with Crippen molar-refractivity contribution in [1.29, 1.82) is 0 Å². The predicted molar refractivity (Wildman–Crippen MR) is 78.7 cm³/mol. The van der Waals surface area contributed by atoms with Gasteiger partial charge in [0.25, 0.3) is 0 Å². The summed E-state index contributed by atoms with van der Waals surface area (Å²) in [5.41, 5.74) is 1.81. The zero-order chi connectivity index (χ0) is 14.3. The van der Waals surface area contributed by atoms with E-state index in [0.717, 1.165) is 24.2 Å². The predicted octanol–water partition coefficient (Wildman–Crippen LogP) is 2.58. The van der Waals surface area contributed by atoms with Crippen molar-refractivity contribution in [2.75, 3.05) is 25.5 Å². The first-order valence-corrected chi connectivity index (χ1v) is 6.68. The number of aryl methyl sites for hydroxylation is 1. The van der Waals surface area contributed by atoms with Crippen LogP contribution in [0.3, 0.4) is 0 Å². The Bertz CT molecular complexity index is 417. The fraction of sp³-hybridized carbons (Fsp3) is 0.533. The molecule has 1 amide bonds. The van der Waals surface area contributed by atoms with Crippen LogP contribution in [0.1, 0.15) is 25.8 Å². The van der Waals surface area contributed by atoms with Gasteiger partial charge in [0, 0.05) is 0 Å². The molecule has 1 rings (SSSR count). The van der Waals surface area contributed by atoms with Gasteiger partial charge < -0.3 is 15.4 Å². The largest absolute Gasteiger partial charge is 0.495 e. The van der Waals surface area contributed by atoms with E-state index in [0.29, 0.717) is 18.2 Å². The highest BCUT2D eigenvalue weighted by Crippen LogP contribution is 2.24. The Morgan fingerprint density at radius 2 is 2.11 bits per heavy atom. The van der Waals surface area contributed by atoms with Gasteiger partial charge >= 0.3 is 0 Å². The van der Waals surface area contributed by atoms with Gasteiger partial charge in [0.05, 0.1) is 19.3 Å². The molecule has 19 heavy (non-hydrogen) atoms. The van der Waals surface area contributed by atoms with Gasteiger partial charge in [-0.05, 0) is 43.5 Å². The molecule has 0 aromatic heterocycles. The second-order valence-electron chi connectivity index (χ2n) is 5.11. The molecule has 0 aliphatic heterocycles. The summed E-state index contributed by atoms with van der Waals surface area (Å²) in [5.74, 6) is 1.28. The zero-order valence-electron chi connectivity index (χ0n) is 12.2. The Balaban J connectivity index is 2.45. The summed E-state index contributed by atoms with van der Waals surface area (Å²) < 4.78 is 5.22. The molecule has 0 bridgehead atoms. The molecule has 0 aliphatic carbocycles. The molecular formula is C15H24N2O2. The minimum absolute atomic E-state index is 0.0485. The Morgan fingerprint density at radius 1 is 1.37 bits per heavy atom. The smallest absolute Gasteiger partial charge is 0.238 e. The van der Waals surface area contributed by atoms with Crippen molar-refractivity contribution in [2.45, 2.75) is 27.2 Å². The summed E-state index contributed by atoms with van der Waals surface area (Å²) in [5, 5.41) is 6.00. The number of anilines is 1. The van der Waals surface area contributed by atoms with Crippen LogP contribution < -0.4 is 15.4 Å². The molecule has 0 saturated heterocycles. The third kappa shape index (κ3) is 5.75. The third-order valence-electron chi connectivity index (χ3n) is 2.81. The van der Waals surface area contributed by atoms with E-state index in [2.05, 4.69) is 24.5 Å². The monoisotopic (exact) mass is 264 g/mol. The van der Waals surface area contributed by atoms with Gasteiger partial charge in [-0.2, -0.15) is 0 Å². The molecule has 4 nitrogen and oxygen atoms in total. The number of rotatable bonds is 7. The highest BCUT2D eigenvalue weighted by atomic mass is 16.5. The molecule has 4 heteroatoms. The van der Waals surface area contributed by atoms with Crippen LogP contribution in [-0.4, -0.2) is 26.1 Å². The summed E-state index contributed by atoms with van der Waals surface area (Å²) in [6, 6.07) is 5.72. The Labute approximate surface area is 115 Å². The lowest BCUT2D eigenvalue weighted by Crippen LogP contribution is -2.29. The zero-order valence-corrected chi connectivity index (χ0v) is 12.2. The second-order valence-corrected chi connectivity index (χ2v) is 5.11. The number of nitrogens with one attached hydrogen (secondary N) is 2. The van der Waals surface area contributed by atoms with Crippen molar-refractivity contribution < 1.29 is 9.53 Å². The summed E-state index contributed by atoms with van der Waals surface area (Å²) in [6.07, 6.45) is 1.07. The van der Waals surface area contributed by atoms with Gasteiger partial charge in [-0.1, -0.05) is 19.9 Å². The van der Waals surface area contributed by atoms with Crippen molar-refractivity contribution in [1.82, 2.24) is 5.32 Å². The second kappa shape index (κ2) is 7.79. The molecule has 0 saturated carbocycles. The van der Waals surface area contributed by atoms with Crippen molar-refractivity contribution in [3.8, 4) is 5.75 Å². The van der Waals surface area contributed by atoms with Crippen molar-refractivity contribution >= 4 is 11.6 Å². The van der Waals surface area contributed by atoms with Crippen molar-refractivity contribution in [3.05, 3.63) is 23.8 Å². The van der Waals surface area contributed by atoms with Gasteiger partial charge in [0.15, 0.2) is 0 Å². The third-order valence-corrected chi connectivity index (χ3v) is 2.81. The number of benzene rings is 1. The molecule has 0 heterocycles. The summed E-state index contributed by atoms with van der Waals surface area (Å²) in [7, 11) is 1.60. The van der Waals surface area contributed by atoms with Crippen LogP contribution in [0.2, 0.25) is 0 Å². The lowest BCUT2D eigenvalue weighted by molar-refractivity contribution is -0.115. The molecule has 0 unspecified atom stereocenters. The fourth-order valence-corrected chi connectivity index (χ4v) is 1.71. The molecule has 1 aromatic carbocycles. The molecule has 0 aliphatic rings. The standard InChI is InChI=1S/C15H24N2O2/c1-11(2)7-8-16-10-15(18)17-13-9-12(3)5-6-14(13)19-4/h5-6,9,11,16H,7-8,10H2,1-4H3,(H,17,18). The van der Waals surface area contributed by atoms with Gasteiger partial charge in [-0.3, -0.25) is 4.79 Å². The van der Waals surface area contributed by atoms with Crippen LogP contribution in [0, 0.1) is 12.8 Å². The first-order chi connectivity index (χ1) is 9.02. The van der Waals surface area contributed by atoms with Crippen molar-refractivity contribution in [3.63, 3.8) is 0 Å². The number of hydrogen-bond acceptors (Lipinski definition) is 3. The summed E-state index contributed by atoms with van der Waals surface area (Å²) in [6.45, 7) is 7.49. The maximum Gasteiger partial charge on any atom is 0.238 e. The van der Waals surface area contributed by atoms with E-state index in [1.54, 1.807) is 7.11 Å². The van der Waals surface area contributed by atoms with E-state index in [-0.39, 0.29) is 5.91 Å². The molecule has 1 aromatic rings. The molecule has 2 N–H and O–H groups in total. The highest BCUT2D eigenvalue weighted by Gasteiger charge is 2.07. The molecule has 0 radical (unpaired) electrons. The minimum Gasteiger partial charge on any atom is -0.495 e. The molecule has 106 valence electrons. The Morgan fingerprint density at radius 3 is 2.74 bits per heavy atom. The van der Waals surface area contributed by atoms with E-state index in [9.17, 15) is 4.79 Å². The normalized spacial score (nSPS) is 10.6. The Kier molecular flexibility index (Phi) is 6.36. The minimum atomic E-state index is -0.0485. The topological polar surface area (TPSA) is 50.4 Å². The fourth-order valence-electron chi connectivity index (χ4n) is 1.71. The molecule has 0 fully saturated rings. The molecule has 0 atom stereocenters. The molecular weight excluding hydrogens is 240 g/mol. The van der Waals surface area contributed by atoms with E-state index < -0.39 is 0 Å². The number of ether oxygens (including phenoxy) is 1. The molecule has 0 spiro atoms. The number of carbonyl (C=O) groups is 1. The van der Waals surface area contributed by atoms with Crippen LogP contribution >= 0.6 is 0 Å². The van der Waals surface area contributed by atoms with Crippen LogP contribution in [0.15, 0.2) is 18.2 Å².